The van der Waals surface area contributed by atoms with E-state index in [4.69, 9.17) is 10.5 Å². The SMILES string of the molecule is CC(CC(N)=O)N1CCC(C2(c3ccc(C(F)(F)F)cc3)Cc3c(F)cccc3O2)CC1. The van der Waals surface area contributed by atoms with Gasteiger partial charge in [0.05, 0.1) is 5.56 Å². The van der Waals surface area contributed by atoms with Crippen LogP contribution < -0.4 is 10.5 Å². The molecule has 2 heterocycles. The first-order valence-corrected chi connectivity index (χ1v) is 10.8. The number of likely N-dealkylation sites (tertiary alicyclic amines) is 1. The summed E-state index contributed by atoms with van der Waals surface area (Å²) in [5.41, 5.74) is 4.73. The smallest absolute Gasteiger partial charge is 0.416 e. The van der Waals surface area contributed by atoms with E-state index >= 15 is 0 Å². The minimum absolute atomic E-state index is 0.00890. The Balaban J connectivity index is 1.63. The van der Waals surface area contributed by atoms with Gasteiger partial charge in [-0.05, 0) is 62.7 Å². The van der Waals surface area contributed by atoms with Gasteiger partial charge >= 0.3 is 6.18 Å². The number of rotatable bonds is 5. The predicted octanol–water partition coefficient (Wildman–Crippen LogP) is 4.65. The summed E-state index contributed by atoms with van der Waals surface area (Å²) in [4.78, 5) is 13.5. The van der Waals surface area contributed by atoms with Gasteiger partial charge in [-0.15, -0.1) is 0 Å². The van der Waals surface area contributed by atoms with Gasteiger partial charge in [-0.1, -0.05) is 18.2 Å². The lowest BCUT2D eigenvalue weighted by atomic mass is 9.73. The molecular formula is C24H26F4N2O2. The maximum absolute atomic E-state index is 14.5. The molecule has 2 unspecified atom stereocenters. The third-order valence-corrected chi connectivity index (χ3v) is 6.82. The summed E-state index contributed by atoms with van der Waals surface area (Å²) in [7, 11) is 0. The molecule has 4 nitrogen and oxygen atoms in total. The van der Waals surface area contributed by atoms with Gasteiger partial charge in [-0.3, -0.25) is 4.79 Å². The van der Waals surface area contributed by atoms with Crippen molar-refractivity contribution in [3.63, 3.8) is 0 Å². The number of piperidine rings is 1. The summed E-state index contributed by atoms with van der Waals surface area (Å²) in [6.45, 7) is 3.35. The molecule has 1 saturated heterocycles. The highest BCUT2D eigenvalue weighted by molar-refractivity contribution is 5.74. The lowest BCUT2D eigenvalue weighted by Crippen LogP contribution is -2.48. The van der Waals surface area contributed by atoms with E-state index in [0.29, 0.717) is 42.8 Å². The van der Waals surface area contributed by atoms with Crippen LogP contribution in [0.25, 0.3) is 0 Å². The molecule has 2 atom stereocenters. The van der Waals surface area contributed by atoms with Crippen LogP contribution >= 0.6 is 0 Å². The van der Waals surface area contributed by atoms with Crippen LogP contribution in [0.5, 0.6) is 5.75 Å². The fraction of sp³-hybridized carbons (Fsp3) is 0.458. The number of carbonyl (C=O) groups is 1. The third kappa shape index (κ3) is 4.20. The highest BCUT2D eigenvalue weighted by atomic mass is 19.4. The Morgan fingerprint density at radius 3 is 2.41 bits per heavy atom. The van der Waals surface area contributed by atoms with Crippen molar-refractivity contribution in [1.29, 1.82) is 0 Å². The van der Waals surface area contributed by atoms with Crippen LogP contribution in [0.3, 0.4) is 0 Å². The predicted molar refractivity (Wildman–Crippen MR) is 111 cm³/mol. The first kappa shape index (κ1) is 22.6. The zero-order valence-corrected chi connectivity index (χ0v) is 17.8. The van der Waals surface area contributed by atoms with E-state index in [1.54, 1.807) is 12.1 Å². The van der Waals surface area contributed by atoms with Crippen molar-refractivity contribution in [3.8, 4) is 5.75 Å². The fourth-order valence-electron chi connectivity index (χ4n) is 5.09. The van der Waals surface area contributed by atoms with Gasteiger partial charge in [-0.25, -0.2) is 4.39 Å². The van der Waals surface area contributed by atoms with Crippen molar-refractivity contribution >= 4 is 5.91 Å². The number of benzene rings is 2. The Bertz CT molecular complexity index is 984. The van der Waals surface area contributed by atoms with E-state index in [1.807, 2.05) is 6.92 Å². The van der Waals surface area contributed by atoms with Gasteiger partial charge in [0, 0.05) is 30.4 Å². The average Bonchev–Trinajstić information content (AvgIpc) is 3.15. The van der Waals surface area contributed by atoms with Crippen LogP contribution in [0.4, 0.5) is 17.6 Å². The number of hydrogen-bond donors (Lipinski definition) is 1. The Morgan fingerprint density at radius 1 is 1.19 bits per heavy atom. The number of amides is 1. The summed E-state index contributed by atoms with van der Waals surface area (Å²) in [6, 6.07) is 9.69. The second-order valence-corrected chi connectivity index (χ2v) is 8.79. The first-order chi connectivity index (χ1) is 15.1. The lowest BCUT2D eigenvalue weighted by Gasteiger charge is -2.43. The molecule has 0 saturated carbocycles. The number of nitrogens with zero attached hydrogens (tertiary/aromatic N) is 1. The number of alkyl halides is 3. The molecule has 0 aliphatic carbocycles. The number of halogens is 4. The standard InChI is InChI=1S/C24H26F4N2O2/c1-15(13-22(29)31)30-11-9-17(10-12-30)23(14-19-20(25)3-2-4-21(19)32-23)16-5-7-18(8-6-16)24(26,27)28/h2-8,15,17H,9-14H2,1H3,(H2,29,31). The second kappa shape index (κ2) is 8.39. The van der Waals surface area contributed by atoms with Gasteiger partial charge in [0.1, 0.15) is 17.2 Å². The molecule has 32 heavy (non-hydrogen) atoms. The van der Waals surface area contributed by atoms with Crippen LogP contribution in [-0.4, -0.2) is 29.9 Å². The maximum Gasteiger partial charge on any atom is 0.416 e. The van der Waals surface area contributed by atoms with Crippen molar-refractivity contribution in [1.82, 2.24) is 4.90 Å². The molecule has 2 aromatic carbocycles. The van der Waals surface area contributed by atoms with E-state index in [-0.39, 0.29) is 36.5 Å². The van der Waals surface area contributed by atoms with Crippen molar-refractivity contribution in [2.24, 2.45) is 11.7 Å². The Labute approximate surface area is 184 Å². The van der Waals surface area contributed by atoms with Gasteiger partial charge < -0.3 is 15.4 Å². The molecule has 2 aliphatic rings. The molecule has 172 valence electrons. The quantitative estimate of drug-likeness (QED) is 0.675. The second-order valence-electron chi connectivity index (χ2n) is 8.79. The summed E-state index contributed by atoms with van der Waals surface area (Å²) in [5.74, 6) is -0.313. The average molecular weight is 450 g/mol. The number of nitrogens with two attached hydrogens (primary N) is 1. The van der Waals surface area contributed by atoms with Gasteiger partial charge in [0.2, 0.25) is 5.91 Å². The third-order valence-electron chi connectivity index (χ3n) is 6.82. The Kier molecular flexibility index (Phi) is 5.92. The molecule has 2 aromatic rings. The van der Waals surface area contributed by atoms with Crippen LogP contribution in [0.15, 0.2) is 42.5 Å². The molecule has 8 heteroatoms. The van der Waals surface area contributed by atoms with Crippen LogP contribution in [0.1, 0.15) is 42.9 Å². The van der Waals surface area contributed by atoms with Crippen molar-refractivity contribution in [2.45, 2.75) is 50.4 Å². The molecule has 1 fully saturated rings. The van der Waals surface area contributed by atoms with E-state index in [9.17, 15) is 22.4 Å². The summed E-state index contributed by atoms with van der Waals surface area (Å²) >= 11 is 0. The van der Waals surface area contributed by atoms with E-state index in [2.05, 4.69) is 4.90 Å². The number of ether oxygens (including phenoxy) is 1. The monoisotopic (exact) mass is 450 g/mol. The van der Waals surface area contributed by atoms with E-state index < -0.39 is 17.3 Å². The number of hydrogen-bond acceptors (Lipinski definition) is 3. The Morgan fingerprint density at radius 2 is 1.84 bits per heavy atom. The van der Waals surface area contributed by atoms with Crippen molar-refractivity contribution in [3.05, 3.63) is 65.0 Å². The van der Waals surface area contributed by atoms with Crippen LogP contribution in [0.2, 0.25) is 0 Å². The summed E-state index contributed by atoms with van der Waals surface area (Å²) in [6.07, 6.45) is -2.48. The maximum atomic E-state index is 14.5. The number of fused-ring (bicyclic) bond motifs is 1. The lowest BCUT2D eigenvalue weighted by molar-refractivity contribution is -0.137. The van der Waals surface area contributed by atoms with E-state index in [1.165, 1.54) is 18.2 Å². The zero-order chi connectivity index (χ0) is 23.1. The van der Waals surface area contributed by atoms with Gasteiger partial charge in [-0.2, -0.15) is 13.2 Å². The molecule has 2 N–H and O–H groups in total. The van der Waals surface area contributed by atoms with Crippen molar-refractivity contribution in [2.75, 3.05) is 13.1 Å². The minimum atomic E-state index is -4.43. The molecular weight excluding hydrogens is 424 g/mol. The molecule has 0 aromatic heterocycles. The number of carbonyl (C=O) groups excluding carboxylic acids is 1. The normalized spacial score (nSPS) is 22.9. The number of primary amides is 1. The largest absolute Gasteiger partial charge is 0.482 e. The van der Waals surface area contributed by atoms with Gasteiger partial charge in [0.25, 0.3) is 0 Å². The highest BCUT2D eigenvalue weighted by Gasteiger charge is 2.49. The molecule has 4 rings (SSSR count). The molecule has 1 amide bonds. The molecule has 0 radical (unpaired) electrons. The highest BCUT2D eigenvalue weighted by Crippen LogP contribution is 2.50. The zero-order valence-electron chi connectivity index (χ0n) is 17.8. The molecule has 0 bridgehead atoms. The molecule has 2 aliphatic heterocycles. The Hall–Kier alpha value is -2.61. The fourth-order valence-corrected chi connectivity index (χ4v) is 5.09. The van der Waals surface area contributed by atoms with Crippen LogP contribution in [-0.2, 0) is 23.0 Å². The summed E-state index contributed by atoms with van der Waals surface area (Å²) < 4.78 is 60.2. The minimum Gasteiger partial charge on any atom is -0.482 e. The topological polar surface area (TPSA) is 55.6 Å². The molecule has 0 spiro atoms. The van der Waals surface area contributed by atoms with E-state index in [0.717, 1.165) is 12.1 Å². The van der Waals surface area contributed by atoms with Gasteiger partial charge in [0.15, 0.2) is 0 Å². The van der Waals surface area contributed by atoms with Crippen molar-refractivity contribution < 1.29 is 27.1 Å². The van der Waals surface area contributed by atoms with Crippen LogP contribution in [0, 0.1) is 11.7 Å². The first-order valence-electron chi connectivity index (χ1n) is 10.8. The summed E-state index contributed by atoms with van der Waals surface area (Å²) in [5, 5.41) is 0.